The molecule has 2 aromatic carbocycles. The fraction of sp³-hybridized carbons (Fsp3) is 0.100. The smallest absolute Gasteiger partial charge is 0.138 e. The van der Waals surface area contributed by atoms with E-state index in [1.165, 1.54) is 29.4 Å². The van der Waals surface area contributed by atoms with Crippen LogP contribution in [0.5, 0.6) is 0 Å². The Labute approximate surface area is 164 Å². The van der Waals surface area contributed by atoms with Gasteiger partial charge in [-0.3, -0.25) is 0 Å². The van der Waals surface area contributed by atoms with Crippen LogP contribution < -0.4 is 0 Å². The van der Waals surface area contributed by atoms with E-state index in [2.05, 4.69) is 21.0 Å². The second-order valence-corrected chi connectivity index (χ2v) is 8.17. The Morgan fingerprint density at radius 2 is 1.85 bits per heavy atom. The molecule has 2 heterocycles. The average Bonchev–Trinajstić information content (AvgIpc) is 3.12. The molecule has 0 bridgehead atoms. The summed E-state index contributed by atoms with van der Waals surface area (Å²) in [5, 5.41) is 22.2. The zero-order valence-corrected chi connectivity index (χ0v) is 16.0. The molecule has 2 aromatic heterocycles. The van der Waals surface area contributed by atoms with Gasteiger partial charge in [0.2, 0.25) is 0 Å². The third kappa shape index (κ3) is 3.37. The number of fused-ring (bicyclic) bond motifs is 2. The van der Waals surface area contributed by atoms with Gasteiger partial charge in [0.05, 0.1) is 21.0 Å². The topological polar surface area (TPSA) is 82.7 Å². The number of nitrogens with zero attached hydrogens (tertiary/aromatic N) is 4. The van der Waals surface area contributed by atoms with Crippen molar-refractivity contribution in [1.29, 1.82) is 5.26 Å². The number of aliphatic hydroxyl groups is 1. The fourth-order valence-corrected chi connectivity index (χ4v) is 4.64. The molecular formula is C20H14N4OS2. The van der Waals surface area contributed by atoms with Crippen molar-refractivity contribution < 1.29 is 5.11 Å². The first-order chi connectivity index (χ1) is 13.2. The summed E-state index contributed by atoms with van der Waals surface area (Å²) in [7, 11) is 0. The van der Waals surface area contributed by atoms with E-state index in [1.807, 2.05) is 55.5 Å². The van der Waals surface area contributed by atoms with Gasteiger partial charge in [-0.25, -0.2) is 15.0 Å². The van der Waals surface area contributed by atoms with E-state index in [0.29, 0.717) is 5.01 Å². The van der Waals surface area contributed by atoms with Crippen molar-refractivity contribution in [3.63, 3.8) is 0 Å². The number of allylic oxidation sites excluding steroid dienone is 1. The maximum Gasteiger partial charge on any atom is 0.138 e. The normalized spacial score (nSPS) is 13.3. The van der Waals surface area contributed by atoms with Crippen LogP contribution in [0, 0.1) is 11.3 Å². The maximum absolute atomic E-state index is 10.7. The maximum atomic E-state index is 10.7. The lowest BCUT2D eigenvalue weighted by Crippen LogP contribution is -2.04. The van der Waals surface area contributed by atoms with Crippen LogP contribution >= 0.6 is 23.1 Å². The van der Waals surface area contributed by atoms with Crippen LogP contribution in [0.4, 0.5) is 0 Å². The first-order valence-electron chi connectivity index (χ1n) is 8.23. The van der Waals surface area contributed by atoms with Crippen molar-refractivity contribution >= 4 is 49.8 Å². The molecule has 132 valence electrons. The average molecular weight is 390 g/mol. The predicted octanol–water partition coefficient (Wildman–Crippen LogP) is 5.21. The number of thioether (sulfide) groups is 1. The highest BCUT2D eigenvalue weighted by Crippen LogP contribution is 2.34. The largest absolute Gasteiger partial charge is 0.510 e. The molecule has 0 fully saturated rings. The molecule has 0 aliphatic rings. The molecule has 4 aromatic rings. The van der Waals surface area contributed by atoms with Gasteiger partial charge >= 0.3 is 0 Å². The van der Waals surface area contributed by atoms with Gasteiger partial charge < -0.3 is 5.11 Å². The molecule has 1 atom stereocenters. The van der Waals surface area contributed by atoms with Gasteiger partial charge in [-0.15, -0.1) is 11.3 Å². The lowest BCUT2D eigenvalue weighted by atomic mass is 10.2. The quantitative estimate of drug-likeness (QED) is 0.223. The van der Waals surface area contributed by atoms with Crippen LogP contribution in [0.15, 0.2) is 65.6 Å². The zero-order chi connectivity index (χ0) is 18.8. The second kappa shape index (κ2) is 7.35. The Hall–Kier alpha value is -2.95. The second-order valence-electron chi connectivity index (χ2n) is 5.81. The minimum Gasteiger partial charge on any atom is -0.510 e. The lowest BCUT2D eigenvalue weighted by Gasteiger charge is -2.12. The van der Waals surface area contributed by atoms with E-state index in [0.717, 1.165) is 26.1 Å². The number of para-hydroxylation sites is 2. The summed E-state index contributed by atoms with van der Waals surface area (Å²) in [6.07, 6.45) is 1.51. The summed E-state index contributed by atoms with van der Waals surface area (Å²) >= 11 is 2.79. The standard InChI is InChI=1S/C20H14N4OS2/c1-12(26-19-13-6-2-3-7-15(13)22-11-23-19)18(25)14(10-21)20-24-16-8-4-5-9-17(16)27-20/h2-9,11-12,25H,1H3/b18-14-. The highest BCUT2D eigenvalue weighted by molar-refractivity contribution is 8.00. The molecule has 7 heteroatoms. The Kier molecular flexibility index (Phi) is 4.75. The van der Waals surface area contributed by atoms with E-state index in [1.54, 1.807) is 0 Å². The highest BCUT2D eigenvalue weighted by atomic mass is 32.2. The SMILES string of the molecule is CC(Sc1ncnc2ccccc12)/C(O)=C(\C#N)c1nc2ccccc2s1. The van der Waals surface area contributed by atoms with Crippen molar-refractivity contribution in [2.45, 2.75) is 17.2 Å². The summed E-state index contributed by atoms with van der Waals surface area (Å²) in [5.74, 6) is 0.00393. The Bertz CT molecular complexity index is 1170. The number of hydrogen-bond acceptors (Lipinski definition) is 7. The summed E-state index contributed by atoms with van der Waals surface area (Å²) in [6, 6.07) is 17.5. The third-order valence-corrected chi connectivity index (χ3v) is 6.23. The predicted molar refractivity (Wildman–Crippen MR) is 110 cm³/mol. The molecule has 0 aliphatic carbocycles. The summed E-state index contributed by atoms with van der Waals surface area (Å²) < 4.78 is 0.982. The zero-order valence-electron chi connectivity index (χ0n) is 14.3. The van der Waals surface area contributed by atoms with Crippen LogP contribution in [0.25, 0.3) is 26.7 Å². The molecule has 0 aliphatic heterocycles. The minimum atomic E-state index is -0.357. The number of nitriles is 1. The van der Waals surface area contributed by atoms with Crippen molar-refractivity contribution in [1.82, 2.24) is 15.0 Å². The van der Waals surface area contributed by atoms with Gasteiger partial charge in [-0.05, 0) is 25.1 Å². The molecule has 1 N–H and O–H groups in total. The van der Waals surface area contributed by atoms with Gasteiger partial charge in [-0.1, -0.05) is 42.1 Å². The molecule has 0 amide bonds. The van der Waals surface area contributed by atoms with Crippen molar-refractivity contribution in [2.24, 2.45) is 0 Å². The Morgan fingerprint density at radius 3 is 2.63 bits per heavy atom. The number of aliphatic hydroxyl groups excluding tert-OH is 1. The van der Waals surface area contributed by atoms with E-state index < -0.39 is 0 Å². The van der Waals surface area contributed by atoms with Crippen LogP contribution in [-0.2, 0) is 0 Å². The van der Waals surface area contributed by atoms with Crippen LogP contribution in [0.1, 0.15) is 11.9 Å². The number of aromatic nitrogens is 3. The van der Waals surface area contributed by atoms with Crippen LogP contribution in [0.3, 0.4) is 0 Å². The summed E-state index contributed by atoms with van der Waals surface area (Å²) in [5.41, 5.74) is 1.87. The molecule has 0 spiro atoms. The van der Waals surface area contributed by atoms with Crippen molar-refractivity contribution in [3.8, 4) is 6.07 Å². The van der Waals surface area contributed by atoms with E-state index in [-0.39, 0.29) is 16.6 Å². The third-order valence-electron chi connectivity index (χ3n) is 4.06. The number of benzene rings is 2. The van der Waals surface area contributed by atoms with E-state index in [9.17, 15) is 10.4 Å². The number of rotatable bonds is 4. The Balaban J connectivity index is 1.70. The molecule has 1 unspecified atom stereocenters. The molecule has 4 rings (SSSR count). The first-order valence-corrected chi connectivity index (χ1v) is 9.92. The van der Waals surface area contributed by atoms with Crippen molar-refractivity contribution in [2.75, 3.05) is 0 Å². The molecular weight excluding hydrogens is 376 g/mol. The van der Waals surface area contributed by atoms with Gasteiger partial charge in [0.1, 0.15) is 33.8 Å². The van der Waals surface area contributed by atoms with Crippen LogP contribution in [0.2, 0.25) is 0 Å². The minimum absolute atomic E-state index is 0.00393. The van der Waals surface area contributed by atoms with Crippen LogP contribution in [-0.4, -0.2) is 25.3 Å². The highest BCUT2D eigenvalue weighted by Gasteiger charge is 2.20. The van der Waals surface area contributed by atoms with E-state index in [4.69, 9.17) is 0 Å². The van der Waals surface area contributed by atoms with Gasteiger partial charge in [0.15, 0.2) is 0 Å². The first kappa shape index (κ1) is 17.5. The molecule has 5 nitrogen and oxygen atoms in total. The summed E-state index contributed by atoms with van der Waals surface area (Å²) in [4.78, 5) is 13.1. The molecule has 0 saturated heterocycles. The molecule has 0 radical (unpaired) electrons. The number of thiazole rings is 1. The van der Waals surface area contributed by atoms with Gasteiger partial charge in [0.25, 0.3) is 0 Å². The van der Waals surface area contributed by atoms with E-state index >= 15 is 0 Å². The van der Waals surface area contributed by atoms with Gasteiger partial charge in [0, 0.05) is 5.39 Å². The molecule has 27 heavy (non-hydrogen) atoms. The fourth-order valence-electron chi connectivity index (χ4n) is 2.69. The molecule has 0 saturated carbocycles. The monoisotopic (exact) mass is 390 g/mol. The summed E-state index contributed by atoms with van der Waals surface area (Å²) in [6.45, 7) is 1.85. The number of hydrogen-bond donors (Lipinski definition) is 1. The lowest BCUT2D eigenvalue weighted by molar-refractivity contribution is 0.402. The Morgan fingerprint density at radius 1 is 1.11 bits per heavy atom. The van der Waals surface area contributed by atoms with Crippen molar-refractivity contribution in [3.05, 3.63) is 65.6 Å². The van der Waals surface area contributed by atoms with Gasteiger partial charge in [-0.2, -0.15) is 5.26 Å².